The highest BCUT2D eigenvalue weighted by molar-refractivity contribution is 7.89. The Morgan fingerprint density at radius 1 is 1.17 bits per heavy atom. The van der Waals surface area contributed by atoms with Crippen LogP contribution in [0.3, 0.4) is 0 Å². The number of rotatable bonds is 6. The molecule has 1 aliphatic heterocycles. The van der Waals surface area contributed by atoms with Gasteiger partial charge in [-0.05, 0) is 39.5 Å². The lowest BCUT2D eigenvalue weighted by Gasteiger charge is -2.38. The molecule has 1 saturated carbocycles. The van der Waals surface area contributed by atoms with Crippen molar-refractivity contribution in [2.75, 3.05) is 12.3 Å². The maximum Gasteiger partial charge on any atom is 0.241 e. The predicted octanol–water partition coefficient (Wildman–Crippen LogP) is 0.836. The predicted molar refractivity (Wildman–Crippen MR) is 91.6 cm³/mol. The Hall–Kier alpha value is -1.15. The molecule has 0 unspecified atom stereocenters. The standard InChI is InChI=1S/C16H29N3O4S/c1-3-24(22,23)19(13-8-5-4-6-9-13)12(2)16(21)18-11-7-10-14(18)15(17)20/h12-14H,3-11H2,1-2H3,(H2,17,20)/t12-,14-/m0/s1. The molecule has 0 radical (unpaired) electrons. The first kappa shape index (κ1) is 19.2. The summed E-state index contributed by atoms with van der Waals surface area (Å²) in [6, 6.07) is -1.53. The van der Waals surface area contributed by atoms with Crippen LogP contribution in [0, 0.1) is 0 Å². The minimum absolute atomic E-state index is 0.0274. The van der Waals surface area contributed by atoms with Gasteiger partial charge in [-0.2, -0.15) is 4.31 Å². The van der Waals surface area contributed by atoms with Crippen LogP contribution in [0.25, 0.3) is 0 Å². The fourth-order valence-electron chi connectivity index (χ4n) is 3.94. The molecule has 0 spiro atoms. The number of amides is 2. The van der Waals surface area contributed by atoms with Crippen molar-refractivity contribution < 1.29 is 18.0 Å². The average Bonchev–Trinajstić information content (AvgIpc) is 3.05. The summed E-state index contributed by atoms with van der Waals surface area (Å²) in [4.78, 5) is 25.9. The van der Waals surface area contributed by atoms with Gasteiger partial charge in [-0.1, -0.05) is 19.3 Å². The Balaban J connectivity index is 2.24. The number of carbonyl (C=O) groups is 2. The second-order valence-electron chi connectivity index (χ2n) is 6.79. The molecular weight excluding hydrogens is 330 g/mol. The maximum atomic E-state index is 12.9. The van der Waals surface area contributed by atoms with E-state index >= 15 is 0 Å². The van der Waals surface area contributed by atoms with Crippen molar-refractivity contribution in [3.63, 3.8) is 0 Å². The van der Waals surface area contributed by atoms with Crippen molar-refractivity contribution in [2.24, 2.45) is 5.73 Å². The number of primary amides is 1. The summed E-state index contributed by atoms with van der Waals surface area (Å²) >= 11 is 0. The van der Waals surface area contributed by atoms with Crippen LogP contribution in [0.1, 0.15) is 58.8 Å². The van der Waals surface area contributed by atoms with Gasteiger partial charge in [0.1, 0.15) is 12.1 Å². The number of nitrogens with zero attached hydrogens (tertiary/aromatic N) is 2. The lowest BCUT2D eigenvalue weighted by Crippen LogP contribution is -2.56. The highest BCUT2D eigenvalue weighted by Gasteiger charge is 2.42. The first-order valence-electron chi connectivity index (χ1n) is 8.90. The van der Waals surface area contributed by atoms with Crippen molar-refractivity contribution >= 4 is 21.8 Å². The van der Waals surface area contributed by atoms with Gasteiger partial charge in [0.05, 0.1) is 5.75 Å². The zero-order valence-electron chi connectivity index (χ0n) is 14.6. The van der Waals surface area contributed by atoms with Gasteiger partial charge in [0.15, 0.2) is 0 Å². The van der Waals surface area contributed by atoms with E-state index in [0.29, 0.717) is 13.0 Å². The van der Waals surface area contributed by atoms with E-state index in [1.165, 1.54) is 9.21 Å². The molecular formula is C16H29N3O4S. The number of nitrogens with two attached hydrogens (primary N) is 1. The van der Waals surface area contributed by atoms with E-state index in [-0.39, 0.29) is 17.7 Å². The van der Waals surface area contributed by atoms with Crippen LogP contribution in [0.5, 0.6) is 0 Å². The molecule has 2 N–H and O–H groups in total. The van der Waals surface area contributed by atoms with E-state index in [4.69, 9.17) is 5.73 Å². The van der Waals surface area contributed by atoms with Crippen molar-refractivity contribution in [1.82, 2.24) is 9.21 Å². The zero-order valence-corrected chi connectivity index (χ0v) is 15.4. The molecule has 0 bridgehead atoms. The Kier molecular flexibility index (Phi) is 6.25. The quantitative estimate of drug-likeness (QED) is 0.759. The number of hydrogen-bond donors (Lipinski definition) is 1. The first-order valence-corrected chi connectivity index (χ1v) is 10.5. The van der Waals surface area contributed by atoms with Gasteiger partial charge in [-0.15, -0.1) is 0 Å². The van der Waals surface area contributed by atoms with Crippen molar-refractivity contribution in [3.8, 4) is 0 Å². The molecule has 2 atom stereocenters. The Morgan fingerprint density at radius 2 is 1.79 bits per heavy atom. The fraction of sp³-hybridized carbons (Fsp3) is 0.875. The van der Waals surface area contributed by atoms with Crippen molar-refractivity contribution in [3.05, 3.63) is 0 Å². The molecule has 7 nitrogen and oxygen atoms in total. The van der Waals surface area contributed by atoms with Crippen LogP contribution >= 0.6 is 0 Å². The van der Waals surface area contributed by atoms with Crippen molar-refractivity contribution in [1.29, 1.82) is 0 Å². The summed E-state index contributed by atoms with van der Waals surface area (Å²) in [5.41, 5.74) is 5.39. The second kappa shape index (κ2) is 7.82. The lowest BCUT2D eigenvalue weighted by molar-refractivity contribution is -0.140. The van der Waals surface area contributed by atoms with E-state index in [1.54, 1.807) is 13.8 Å². The third-order valence-electron chi connectivity index (χ3n) is 5.22. The topological polar surface area (TPSA) is 101 Å². The van der Waals surface area contributed by atoms with Gasteiger partial charge in [0.2, 0.25) is 21.8 Å². The SMILES string of the molecule is CCS(=O)(=O)N(C1CCCCC1)[C@@H](C)C(=O)N1CCC[C@H]1C(N)=O. The van der Waals surface area contributed by atoms with E-state index in [9.17, 15) is 18.0 Å². The van der Waals surface area contributed by atoms with E-state index in [2.05, 4.69) is 0 Å². The smallest absolute Gasteiger partial charge is 0.241 e. The summed E-state index contributed by atoms with van der Waals surface area (Å²) in [6.07, 6.45) is 5.92. The van der Waals surface area contributed by atoms with Crippen LogP contribution < -0.4 is 5.73 Å². The molecule has 0 aromatic carbocycles. The molecule has 1 saturated heterocycles. The van der Waals surface area contributed by atoms with Crippen LogP contribution in [-0.2, 0) is 19.6 Å². The Morgan fingerprint density at radius 3 is 2.33 bits per heavy atom. The first-order chi connectivity index (χ1) is 11.3. The Bertz CT molecular complexity index is 572. The normalized spacial score (nSPS) is 24.3. The average molecular weight is 359 g/mol. The number of hydrogen-bond acceptors (Lipinski definition) is 4. The van der Waals surface area contributed by atoms with Gasteiger partial charge in [0.25, 0.3) is 0 Å². The zero-order chi connectivity index (χ0) is 17.9. The summed E-state index contributed by atoms with van der Waals surface area (Å²) in [5.74, 6) is -0.852. The minimum Gasteiger partial charge on any atom is -0.368 e. The maximum absolute atomic E-state index is 12.9. The largest absolute Gasteiger partial charge is 0.368 e. The molecule has 138 valence electrons. The van der Waals surface area contributed by atoms with E-state index in [1.807, 2.05) is 0 Å². The van der Waals surface area contributed by atoms with Gasteiger partial charge in [0, 0.05) is 12.6 Å². The molecule has 2 fully saturated rings. The second-order valence-corrected chi connectivity index (χ2v) is 8.95. The van der Waals surface area contributed by atoms with Gasteiger partial charge < -0.3 is 10.6 Å². The highest BCUT2D eigenvalue weighted by Crippen LogP contribution is 2.28. The van der Waals surface area contributed by atoms with Gasteiger partial charge in [-0.3, -0.25) is 9.59 Å². The van der Waals surface area contributed by atoms with E-state index in [0.717, 1.165) is 38.5 Å². The minimum atomic E-state index is -3.50. The number of carbonyl (C=O) groups excluding carboxylic acids is 2. The molecule has 2 amide bonds. The summed E-state index contributed by atoms with van der Waals surface area (Å²) in [5, 5.41) is 0. The third kappa shape index (κ3) is 3.91. The summed E-state index contributed by atoms with van der Waals surface area (Å²) in [6.45, 7) is 3.70. The molecule has 0 aromatic rings. The monoisotopic (exact) mass is 359 g/mol. The third-order valence-corrected chi connectivity index (χ3v) is 7.21. The lowest BCUT2D eigenvalue weighted by atomic mass is 9.95. The molecule has 1 heterocycles. The van der Waals surface area contributed by atoms with Crippen LogP contribution in [0.2, 0.25) is 0 Å². The highest BCUT2D eigenvalue weighted by atomic mass is 32.2. The fourth-order valence-corrected chi connectivity index (χ4v) is 5.48. The Labute approximate surface area is 144 Å². The molecule has 8 heteroatoms. The molecule has 0 aromatic heterocycles. The number of sulfonamides is 1. The summed E-state index contributed by atoms with van der Waals surface area (Å²) < 4.78 is 26.7. The van der Waals surface area contributed by atoms with Crippen LogP contribution in [-0.4, -0.2) is 59.9 Å². The molecule has 1 aliphatic carbocycles. The van der Waals surface area contributed by atoms with Gasteiger partial charge >= 0.3 is 0 Å². The molecule has 24 heavy (non-hydrogen) atoms. The number of likely N-dealkylation sites (tertiary alicyclic amines) is 1. The van der Waals surface area contributed by atoms with E-state index < -0.39 is 28.0 Å². The molecule has 2 rings (SSSR count). The van der Waals surface area contributed by atoms with Crippen LogP contribution in [0.4, 0.5) is 0 Å². The van der Waals surface area contributed by atoms with Crippen LogP contribution in [0.15, 0.2) is 0 Å². The van der Waals surface area contributed by atoms with Gasteiger partial charge in [-0.25, -0.2) is 8.42 Å². The van der Waals surface area contributed by atoms with Crippen molar-refractivity contribution in [2.45, 2.75) is 76.9 Å². The molecule has 2 aliphatic rings. The summed E-state index contributed by atoms with van der Waals surface area (Å²) in [7, 11) is -3.50.